The topological polar surface area (TPSA) is 91.4 Å². The second-order valence-corrected chi connectivity index (χ2v) is 7.68. The molecule has 0 radical (unpaired) electrons. The summed E-state index contributed by atoms with van der Waals surface area (Å²) in [4.78, 5) is 36.9. The molecule has 1 aromatic carbocycles. The number of methoxy groups -OCH3 is 1. The molecule has 0 N–H and O–H groups in total. The highest BCUT2D eigenvalue weighted by Gasteiger charge is 2.31. The number of imide groups is 1. The summed E-state index contributed by atoms with van der Waals surface area (Å²) in [7, 11) is 1.28. The molecule has 0 atom stereocenters. The number of rotatable bonds is 4. The van der Waals surface area contributed by atoms with Crippen LogP contribution in [0.3, 0.4) is 0 Å². The number of benzene rings is 1. The molecule has 27 heavy (non-hydrogen) atoms. The van der Waals surface area contributed by atoms with Crippen LogP contribution in [0.4, 0.5) is 9.59 Å². The van der Waals surface area contributed by atoms with Crippen LogP contribution < -0.4 is 4.74 Å². The molecule has 0 aliphatic rings. The average Bonchev–Trinajstić information content (AvgIpc) is 2.51. The predicted octanol–water partition coefficient (Wildman–Crippen LogP) is 3.98. The summed E-state index contributed by atoms with van der Waals surface area (Å²) in [6, 6.07) is 6.06. The number of carbonyl (C=O) groups excluding carboxylic acids is 3. The Morgan fingerprint density at radius 2 is 1.30 bits per heavy atom. The van der Waals surface area contributed by atoms with E-state index in [4.69, 9.17) is 14.2 Å². The van der Waals surface area contributed by atoms with Crippen molar-refractivity contribution in [2.45, 2.75) is 52.7 Å². The Kier molecular flexibility index (Phi) is 7.21. The number of hydrogen-bond acceptors (Lipinski definition) is 7. The standard InChI is InChI=1S/C19H27NO7/c1-18(2,3)26-16(22)20(17(23)27-19(4,5)6)12-25-14-10-8-13(9-11-14)15(21)24-7/h8-11H,12H2,1-7H3. The van der Waals surface area contributed by atoms with Crippen molar-refractivity contribution in [2.24, 2.45) is 0 Å². The number of amides is 2. The number of carbonyl (C=O) groups is 3. The summed E-state index contributed by atoms with van der Waals surface area (Å²) >= 11 is 0. The van der Waals surface area contributed by atoms with Gasteiger partial charge in [-0.2, -0.15) is 4.90 Å². The Morgan fingerprint density at radius 1 is 0.852 bits per heavy atom. The van der Waals surface area contributed by atoms with E-state index in [1.54, 1.807) is 41.5 Å². The molecule has 0 saturated carbocycles. The molecular weight excluding hydrogens is 354 g/mol. The third-order valence-electron chi connectivity index (χ3n) is 2.86. The lowest BCUT2D eigenvalue weighted by molar-refractivity contribution is -0.0121. The molecule has 0 spiro atoms. The largest absolute Gasteiger partial charge is 0.472 e. The van der Waals surface area contributed by atoms with E-state index in [9.17, 15) is 14.4 Å². The quantitative estimate of drug-likeness (QED) is 0.442. The van der Waals surface area contributed by atoms with E-state index in [-0.39, 0.29) is 0 Å². The minimum absolute atomic E-state index is 0.347. The number of hydrogen-bond donors (Lipinski definition) is 0. The van der Waals surface area contributed by atoms with E-state index in [2.05, 4.69) is 4.74 Å². The molecule has 0 saturated heterocycles. The lowest BCUT2D eigenvalue weighted by atomic mass is 10.2. The summed E-state index contributed by atoms with van der Waals surface area (Å²) in [6.45, 7) is 9.70. The van der Waals surface area contributed by atoms with Crippen LogP contribution in [0.15, 0.2) is 24.3 Å². The van der Waals surface area contributed by atoms with E-state index >= 15 is 0 Å². The van der Waals surface area contributed by atoms with Gasteiger partial charge < -0.3 is 18.9 Å². The maximum atomic E-state index is 12.4. The van der Waals surface area contributed by atoms with E-state index in [1.165, 1.54) is 31.4 Å². The smallest absolute Gasteiger partial charge is 0.422 e. The molecule has 8 heteroatoms. The molecule has 0 aliphatic heterocycles. The van der Waals surface area contributed by atoms with Crippen LogP contribution in [0.25, 0.3) is 0 Å². The van der Waals surface area contributed by atoms with Crippen molar-refractivity contribution >= 4 is 18.2 Å². The molecule has 150 valence electrons. The van der Waals surface area contributed by atoms with Gasteiger partial charge in [-0.1, -0.05) is 0 Å². The monoisotopic (exact) mass is 381 g/mol. The van der Waals surface area contributed by atoms with Crippen molar-refractivity contribution < 1.29 is 33.3 Å². The fourth-order valence-corrected chi connectivity index (χ4v) is 1.76. The average molecular weight is 381 g/mol. The second-order valence-electron chi connectivity index (χ2n) is 7.68. The van der Waals surface area contributed by atoms with Crippen molar-refractivity contribution in [3.05, 3.63) is 29.8 Å². The Labute approximate surface area is 159 Å². The zero-order chi connectivity index (χ0) is 20.8. The number of esters is 1. The van der Waals surface area contributed by atoms with Gasteiger partial charge in [-0.05, 0) is 65.8 Å². The fourth-order valence-electron chi connectivity index (χ4n) is 1.76. The van der Waals surface area contributed by atoms with Gasteiger partial charge in [0.1, 0.15) is 17.0 Å². The van der Waals surface area contributed by atoms with E-state index in [0.29, 0.717) is 11.3 Å². The molecule has 0 heterocycles. The third kappa shape index (κ3) is 7.98. The SMILES string of the molecule is COC(=O)c1ccc(OCN(C(=O)OC(C)(C)C)C(=O)OC(C)(C)C)cc1. The Morgan fingerprint density at radius 3 is 1.67 bits per heavy atom. The molecule has 1 aromatic rings. The van der Waals surface area contributed by atoms with Crippen LogP contribution in [0.2, 0.25) is 0 Å². The highest BCUT2D eigenvalue weighted by Crippen LogP contribution is 2.17. The first-order chi connectivity index (χ1) is 12.3. The van der Waals surface area contributed by atoms with Gasteiger partial charge in [-0.25, -0.2) is 14.4 Å². The van der Waals surface area contributed by atoms with Crippen molar-refractivity contribution in [3.63, 3.8) is 0 Å². The molecule has 0 aliphatic carbocycles. The van der Waals surface area contributed by atoms with Crippen LogP contribution in [0.5, 0.6) is 5.75 Å². The maximum Gasteiger partial charge on any atom is 0.422 e. The highest BCUT2D eigenvalue weighted by molar-refractivity contribution is 5.89. The van der Waals surface area contributed by atoms with Crippen molar-refractivity contribution in [1.29, 1.82) is 0 Å². The zero-order valence-electron chi connectivity index (χ0n) is 16.8. The summed E-state index contributed by atoms with van der Waals surface area (Å²) in [6.07, 6.45) is -1.77. The molecule has 0 bridgehead atoms. The first-order valence-corrected chi connectivity index (χ1v) is 8.37. The van der Waals surface area contributed by atoms with Gasteiger partial charge in [0.25, 0.3) is 0 Å². The Bertz CT molecular complexity index is 641. The van der Waals surface area contributed by atoms with Crippen molar-refractivity contribution in [3.8, 4) is 5.75 Å². The summed E-state index contributed by atoms with van der Waals surface area (Å²) in [5, 5.41) is 0. The summed E-state index contributed by atoms with van der Waals surface area (Å²) in [5.74, 6) is -0.134. The summed E-state index contributed by atoms with van der Waals surface area (Å²) < 4.78 is 20.6. The van der Waals surface area contributed by atoms with Crippen LogP contribution in [0, 0.1) is 0 Å². The Hall–Kier alpha value is -2.77. The van der Waals surface area contributed by atoms with Crippen LogP contribution >= 0.6 is 0 Å². The minimum atomic E-state index is -0.886. The maximum absolute atomic E-state index is 12.4. The third-order valence-corrected chi connectivity index (χ3v) is 2.86. The van der Waals surface area contributed by atoms with Crippen molar-refractivity contribution in [1.82, 2.24) is 4.90 Å². The van der Waals surface area contributed by atoms with E-state index in [1.807, 2.05) is 0 Å². The van der Waals surface area contributed by atoms with Gasteiger partial charge in [-0.3, -0.25) is 0 Å². The van der Waals surface area contributed by atoms with Gasteiger partial charge in [0, 0.05) is 0 Å². The van der Waals surface area contributed by atoms with Crippen LogP contribution in [0.1, 0.15) is 51.9 Å². The van der Waals surface area contributed by atoms with Crippen molar-refractivity contribution in [2.75, 3.05) is 13.8 Å². The molecule has 1 rings (SSSR count). The number of ether oxygens (including phenoxy) is 4. The minimum Gasteiger partial charge on any atom is -0.472 e. The second kappa shape index (κ2) is 8.75. The zero-order valence-corrected chi connectivity index (χ0v) is 16.8. The van der Waals surface area contributed by atoms with Gasteiger partial charge >= 0.3 is 18.2 Å². The van der Waals surface area contributed by atoms with Crippen LogP contribution in [-0.4, -0.2) is 48.1 Å². The Balaban J connectivity index is 2.88. The number of nitrogens with zero attached hydrogens (tertiary/aromatic N) is 1. The normalized spacial score (nSPS) is 11.4. The van der Waals surface area contributed by atoms with E-state index < -0.39 is 36.1 Å². The molecule has 0 fully saturated rings. The van der Waals surface area contributed by atoms with Gasteiger partial charge in [0.15, 0.2) is 6.73 Å². The van der Waals surface area contributed by atoms with E-state index in [0.717, 1.165) is 4.90 Å². The van der Waals surface area contributed by atoms with Crippen LogP contribution in [-0.2, 0) is 14.2 Å². The first-order valence-electron chi connectivity index (χ1n) is 8.37. The lowest BCUT2D eigenvalue weighted by Gasteiger charge is -2.28. The first kappa shape index (κ1) is 22.3. The van der Waals surface area contributed by atoms with Gasteiger partial charge in [0.05, 0.1) is 12.7 Å². The van der Waals surface area contributed by atoms with Gasteiger partial charge in [0.2, 0.25) is 0 Å². The fraction of sp³-hybridized carbons (Fsp3) is 0.526. The van der Waals surface area contributed by atoms with Gasteiger partial charge in [-0.15, -0.1) is 0 Å². The molecule has 2 amide bonds. The molecule has 8 nitrogen and oxygen atoms in total. The molecule has 0 aromatic heterocycles. The summed E-state index contributed by atoms with van der Waals surface area (Å²) in [5.41, 5.74) is -1.24. The molecular formula is C19H27NO7. The molecule has 0 unspecified atom stereocenters. The highest BCUT2D eigenvalue weighted by atomic mass is 16.6. The predicted molar refractivity (Wildman–Crippen MR) is 97.6 cm³/mol. The lowest BCUT2D eigenvalue weighted by Crippen LogP contribution is -2.45.